The van der Waals surface area contributed by atoms with Crippen LogP contribution < -0.4 is 9.04 Å². The topological polar surface area (TPSA) is 63.7 Å². The molecular formula is C25H25NO4S. The van der Waals surface area contributed by atoms with Crippen LogP contribution in [0.3, 0.4) is 0 Å². The van der Waals surface area contributed by atoms with Crippen molar-refractivity contribution in [2.45, 2.75) is 25.7 Å². The van der Waals surface area contributed by atoms with Crippen molar-refractivity contribution in [3.05, 3.63) is 95.1 Å². The lowest BCUT2D eigenvalue weighted by molar-refractivity contribution is -0.113. The van der Waals surface area contributed by atoms with Gasteiger partial charge in [0.2, 0.25) is 0 Å². The second-order valence-electron chi connectivity index (χ2n) is 7.25. The predicted octanol–water partition coefficient (Wildman–Crippen LogP) is 5.06. The Morgan fingerprint density at radius 3 is 2.16 bits per heavy atom. The molecule has 0 bridgehead atoms. The highest BCUT2D eigenvalue weighted by Crippen LogP contribution is 2.29. The molecule has 0 saturated carbocycles. The van der Waals surface area contributed by atoms with Gasteiger partial charge in [0.15, 0.2) is 0 Å². The lowest BCUT2D eigenvalue weighted by Gasteiger charge is -2.24. The van der Waals surface area contributed by atoms with E-state index in [0.717, 1.165) is 26.6 Å². The van der Waals surface area contributed by atoms with Crippen LogP contribution in [-0.4, -0.2) is 21.4 Å². The molecule has 0 aliphatic carbocycles. The van der Waals surface area contributed by atoms with Crippen molar-refractivity contribution in [1.29, 1.82) is 0 Å². The van der Waals surface area contributed by atoms with Crippen molar-refractivity contribution in [2.75, 3.05) is 11.4 Å². The Bertz CT molecular complexity index is 1210. The van der Waals surface area contributed by atoms with Gasteiger partial charge < -0.3 is 4.74 Å². The molecule has 0 unspecified atom stereocenters. The Labute approximate surface area is 183 Å². The van der Waals surface area contributed by atoms with E-state index in [9.17, 15) is 13.2 Å². The zero-order valence-electron chi connectivity index (χ0n) is 18.0. The molecule has 0 aliphatic rings. The molecule has 160 valence electrons. The van der Waals surface area contributed by atoms with Gasteiger partial charge in [0.1, 0.15) is 5.75 Å². The molecule has 0 fully saturated rings. The van der Waals surface area contributed by atoms with Gasteiger partial charge in [0.05, 0.1) is 17.7 Å². The molecule has 0 atom stereocenters. The largest absolute Gasteiger partial charge is 0.497 e. The van der Waals surface area contributed by atoms with E-state index in [0.29, 0.717) is 11.4 Å². The van der Waals surface area contributed by atoms with Crippen LogP contribution in [0, 0.1) is 20.8 Å². The molecule has 3 rings (SSSR count). The number of carbonyl (C=O) groups is 1. The van der Waals surface area contributed by atoms with Crippen LogP contribution in [0.1, 0.15) is 22.3 Å². The smallest absolute Gasteiger partial charge is 0.271 e. The van der Waals surface area contributed by atoms with Gasteiger partial charge in [-0.3, -0.25) is 4.79 Å². The number of methoxy groups -OCH3 is 1. The summed E-state index contributed by atoms with van der Waals surface area (Å²) >= 11 is 0. The number of rotatable bonds is 6. The highest BCUT2D eigenvalue weighted by atomic mass is 32.2. The van der Waals surface area contributed by atoms with Crippen LogP contribution in [0.4, 0.5) is 5.69 Å². The number of hydrogen-bond acceptors (Lipinski definition) is 4. The minimum Gasteiger partial charge on any atom is -0.497 e. The van der Waals surface area contributed by atoms with Crippen LogP contribution >= 0.6 is 0 Å². The summed E-state index contributed by atoms with van der Waals surface area (Å²) in [4.78, 5) is 13.3. The normalized spacial score (nSPS) is 11.5. The number of sulfonamides is 1. The van der Waals surface area contributed by atoms with Crippen molar-refractivity contribution < 1.29 is 17.9 Å². The second-order valence-corrected chi connectivity index (χ2v) is 9.03. The maximum atomic E-state index is 13.5. The van der Waals surface area contributed by atoms with Gasteiger partial charge in [0.25, 0.3) is 15.9 Å². The first-order valence-electron chi connectivity index (χ1n) is 9.78. The van der Waals surface area contributed by atoms with E-state index in [-0.39, 0.29) is 4.90 Å². The summed E-state index contributed by atoms with van der Waals surface area (Å²) in [6.45, 7) is 5.57. The van der Waals surface area contributed by atoms with Crippen LogP contribution in [0.25, 0.3) is 6.08 Å². The predicted molar refractivity (Wildman–Crippen MR) is 124 cm³/mol. The number of hydrogen-bond donors (Lipinski definition) is 0. The summed E-state index contributed by atoms with van der Waals surface area (Å²) < 4.78 is 33.0. The van der Waals surface area contributed by atoms with Crippen molar-refractivity contribution >= 4 is 27.7 Å². The van der Waals surface area contributed by atoms with E-state index in [1.807, 2.05) is 26.8 Å². The number of aryl methyl sites for hydroxylation is 2. The Morgan fingerprint density at radius 1 is 0.903 bits per heavy atom. The van der Waals surface area contributed by atoms with Crippen molar-refractivity contribution in [3.8, 4) is 5.75 Å². The van der Waals surface area contributed by atoms with E-state index in [2.05, 4.69) is 0 Å². The number of carbonyl (C=O) groups excluding carboxylic acids is 1. The molecular weight excluding hydrogens is 410 g/mol. The zero-order valence-corrected chi connectivity index (χ0v) is 18.8. The fourth-order valence-electron chi connectivity index (χ4n) is 3.09. The highest BCUT2D eigenvalue weighted by molar-refractivity contribution is 7.93. The Kier molecular flexibility index (Phi) is 6.61. The molecule has 0 saturated heterocycles. The van der Waals surface area contributed by atoms with Gasteiger partial charge in [0, 0.05) is 6.08 Å². The number of amides is 1. The number of ether oxygens (including phenoxy) is 1. The van der Waals surface area contributed by atoms with E-state index < -0.39 is 15.9 Å². The SMILES string of the molecule is COc1ccc(/C=C/C(=O)N(c2cccc(C)c2C)S(=O)(=O)c2ccc(C)cc2)cc1. The minimum atomic E-state index is -4.11. The van der Waals surface area contributed by atoms with Gasteiger partial charge in [-0.15, -0.1) is 0 Å². The molecule has 0 aliphatic heterocycles. The molecule has 5 nitrogen and oxygen atoms in total. The standard InChI is InChI=1S/C25H25NO4S/c1-18-8-15-23(16-9-18)31(28,29)26(24-7-5-6-19(2)20(24)3)25(27)17-12-21-10-13-22(30-4)14-11-21/h5-17H,1-4H3/b17-12+. The molecule has 0 aromatic heterocycles. The summed E-state index contributed by atoms with van der Waals surface area (Å²) in [5, 5.41) is 0. The average Bonchev–Trinajstić information content (AvgIpc) is 2.76. The van der Waals surface area contributed by atoms with E-state index >= 15 is 0 Å². The molecule has 3 aromatic carbocycles. The Hall–Kier alpha value is -3.38. The van der Waals surface area contributed by atoms with Crippen LogP contribution in [0.5, 0.6) is 5.75 Å². The maximum absolute atomic E-state index is 13.5. The van der Waals surface area contributed by atoms with Crippen LogP contribution in [0.2, 0.25) is 0 Å². The summed E-state index contributed by atoms with van der Waals surface area (Å²) in [5.41, 5.74) is 3.65. The molecule has 1 amide bonds. The summed E-state index contributed by atoms with van der Waals surface area (Å²) in [6.07, 6.45) is 2.86. The molecule has 31 heavy (non-hydrogen) atoms. The van der Waals surface area contributed by atoms with E-state index in [1.54, 1.807) is 61.7 Å². The van der Waals surface area contributed by atoms with Crippen LogP contribution in [-0.2, 0) is 14.8 Å². The molecule has 0 N–H and O–H groups in total. The first kappa shape index (κ1) is 22.3. The van der Waals surface area contributed by atoms with Gasteiger partial charge in [-0.2, -0.15) is 4.31 Å². The number of benzene rings is 3. The minimum absolute atomic E-state index is 0.0604. The fraction of sp³-hybridized carbons (Fsp3) is 0.160. The molecule has 0 heterocycles. The third kappa shape index (κ3) is 4.86. The third-order valence-corrected chi connectivity index (χ3v) is 6.81. The summed E-state index contributed by atoms with van der Waals surface area (Å²) in [7, 11) is -2.54. The van der Waals surface area contributed by atoms with Gasteiger partial charge >= 0.3 is 0 Å². The van der Waals surface area contributed by atoms with Crippen molar-refractivity contribution in [3.63, 3.8) is 0 Å². The van der Waals surface area contributed by atoms with Gasteiger partial charge in [-0.1, -0.05) is 42.0 Å². The van der Waals surface area contributed by atoms with Gasteiger partial charge in [-0.25, -0.2) is 8.42 Å². The summed E-state index contributed by atoms with van der Waals surface area (Å²) in [6, 6.07) is 18.9. The fourth-order valence-corrected chi connectivity index (χ4v) is 4.53. The van der Waals surface area contributed by atoms with Crippen LogP contribution in [0.15, 0.2) is 77.7 Å². The highest BCUT2D eigenvalue weighted by Gasteiger charge is 2.31. The first-order chi connectivity index (χ1) is 14.7. The quantitative estimate of drug-likeness (QED) is 0.508. The lowest BCUT2D eigenvalue weighted by Crippen LogP contribution is -2.36. The molecule has 0 spiro atoms. The van der Waals surface area contributed by atoms with Crippen molar-refractivity contribution in [2.24, 2.45) is 0 Å². The molecule has 0 radical (unpaired) electrons. The maximum Gasteiger partial charge on any atom is 0.271 e. The monoisotopic (exact) mass is 435 g/mol. The number of nitrogens with zero attached hydrogens (tertiary/aromatic N) is 1. The average molecular weight is 436 g/mol. The third-order valence-electron chi connectivity index (χ3n) is 5.09. The lowest BCUT2D eigenvalue weighted by atomic mass is 10.1. The first-order valence-corrected chi connectivity index (χ1v) is 11.2. The second kappa shape index (κ2) is 9.18. The molecule has 6 heteroatoms. The van der Waals surface area contributed by atoms with E-state index in [4.69, 9.17) is 4.74 Å². The zero-order chi connectivity index (χ0) is 22.6. The summed E-state index contributed by atoms with van der Waals surface area (Å²) in [5.74, 6) is 0.0486. The van der Waals surface area contributed by atoms with E-state index in [1.165, 1.54) is 18.2 Å². The van der Waals surface area contributed by atoms with Gasteiger partial charge in [-0.05, 0) is 73.9 Å². The van der Waals surface area contributed by atoms with Crippen molar-refractivity contribution in [1.82, 2.24) is 0 Å². The Morgan fingerprint density at radius 2 is 1.55 bits per heavy atom. The Balaban J connectivity index is 2.06. The molecule has 3 aromatic rings. The number of anilines is 1.